The molecule has 0 atom stereocenters. The Morgan fingerprint density at radius 1 is 1.38 bits per heavy atom. The van der Waals surface area contributed by atoms with Gasteiger partial charge in [-0.25, -0.2) is 4.98 Å². The molecule has 0 aliphatic heterocycles. The van der Waals surface area contributed by atoms with Gasteiger partial charge in [-0.2, -0.15) is 5.26 Å². The van der Waals surface area contributed by atoms with Gasteiger partial charge >= 0.3 is 0 Å². The van der Waals surface area contributed by atoms with Crippen LogP contribution in [-0.2, 0) is 13.1 Å². The summed E-state index contributed by atoms with van der Waals surface area (Å²) in [5, 5.41) is 10.5. The highest BCUT2D eigenvalue weighted by Crippen LogP contribution is 2.20. The molecule has 0 saturated heterocycles. The van der Waals surface area contributed by atoms with Gasteiger partial charge in [-0.15, -0.1) is 11.3 Å². The highest BCUT2D eigenvalue weighted by molar-refractivity contribution is 7.11. The van der Waals surface area contributed by atoms with Crippen LogP contribution in [0, 0.1) is 18.3 Å². The number of thiazole rings is 1. The van der Waals surface area contributed by atoms with Crippen molar-refractivity contribution in [3.63, 3.8) is 0 Å². The lowest BCUT2D eigenvalue weighted by Gasteiger charge is -2.14. The molecule has 21 heavy (non-hydrogen) atoms. The maximum atomic E-state index is 9.42. The first-order valence-electron chi connectivity index (χ1n) is 6.76. The number of hydrogen-bond acceptors (Lipinski definition) is 4. The van der Waals surface area contributed by atoms with E-state index in [9.17, 15) is 5.26 Å². The zero-order valence-electron chi connectivity index (χ0n) is 12.1. The van der Waals surface area contributed by atoms with Gasteiger partial charge in [0.25, 0.3) is 0 Å². The molecular weight excluding hydrogens is 280 g/mol. The van der Waals surface area contributed by atoms with Gasteiger partial charge in [-0.05, 0) is 26.1 Å². The fourth-order valence-electron chi connectivity index (χ4n) is 2.52. The summed E-state index contributed by atoms with van der Waals surface area (Å²) < 4.78 is 2.01. The van der Waals surface area contributed by atoms with Crippen molar-refractivity contribution in [2.24, 2.45) is 0 Å². The monoisotopic (exact) mass is 296 g/mol. The summed E-state index contributed by atoms with van der Waals surface area (Å²) in [5.41, 5.74) is 2.80. The number of hydrogen-bond donors (Lipinski definition) is 0. The van der Waals surface area contributed by atoms with Crippen LogP contribution in [0.2, 0.25) is 0 Å². The van der Waals surface area contributed by atoms with Gasteiger partial charge in [-0.3, -0.25) is 4.90 Å². The van der Waals surface area contributed by atoms with Gasteiger partial charge in [-0.1, -0.05) is 6.07 Å². The van der Waals surface area contributed by atoms with Crippen molar-refractivity contribution in [1.82, 2.24) is 14.3 Å². The van der Waals surface area contributed by atoms with Crippen molar-refractivity contribution >= 4 is 16.9 Å². The Bertz CT molecular complexity index is 809. The number of rotatable bonds is 4. The minimum atomic E-state index is 0.752. The number of fused-ring (bicyclic) bond motifs is 1. The van der Waals surface area contributed by atoms with E-state index in [0.717, 1.165) is 34.7 Å². The second-order valence-corrected chi connectivity index (χ2v) is 6.47. The van der Waals surface area contributed by atoms with Crippen LogP contribution in [0.1, 0.15) is 21.0 Å². The van der Waals surface area contributed by atoms with Crippen molar-refractivity contribution in [3.05, 3.63) is 57.8 Å². The second-order valence-electron chi connectivity index (χ2n) is 5.15. The maximum Gasteiger partial charge on any atom is 0.102 e. The van der Waals surface area contributed by atoms with Crippen molar-refractivity contribution in [1.29, 1.82) is 5.26 Å². The summed E-state index contributed by atoms with van der Waals surface area (Å²) >= 11 is 1.72. The van der Waals surface area contributed by atoms with Crippen LogP contribution < -0.4 is 0 Å². The first-order valence-corrected chi connectivity index (χ1v) is 7.57. The largest absolute Gasteiger partial charge is 0.322 e. The van der Waals surface area contributed by atoms with Gasteiger partial charge in [0.2, 0.25) is 0 Å². The summed E-state index contributed by atoms with van der Waals surface area (Å²) in [4.78, 5) is 7.74. The van der Waals surface area contributed by atoms with E-state index in [0.29, 0.717) is 0 Å². The third kappa shape index (κ3) is 2.82. The van der Waals surface area contributed by atoms with Crippen molar-refractivity contribution < 1.29 is 0 Å². The molecular formula is C16H16N4S. The van der Waals surface area contributed by atoms with Gasteiger partial charge in [0.1, 0.15) is 6.07 Å². The standard InChI is InChI=1S/C16H16N4S/c1-12-18-8-14(21-12)11-19(2)9-13-10-20-6-4-3-5-16(20)15(13)7-17/h3-6,8,10H,9,11H2,1-2H3. The lowest BCUT2D eigenvalue weighted by atomic mass is 10.1. The molecule has 106 valence electrons. The fraction of sp³-hybridized carbons (Fsp3) is 0.250. The number of nitriles is 1. The minimum absolute atomic E-state index is 0.752. The molecule has 0 spiro atoms. The molecule has 3 rings (SSSR count). The van der Waals surface area contributed by atoms with Crippen molar-refractivity contribution in [2.75, 3.05) is 7.05 Å². The zero-order valence-corrected chi connectivity index (χ0v) is 12.9. The van der Waals surface area contributed by atoms with Gasteiger partial charge in [0.15, 0.2) is 0 Å². The molecule has 4 nitrogen and oxygen atoms in total. The highest BCUT2D eigenvalue weighted by atomic mass is 32.1. The number of aromatic nitrogens is 2. The third-order valence-electron chi connectivity index (χ3n) is 3.41. The molecule has 0 bridgehead atoms. The molecule has 5 heteroatoms. The molecule has 0 amide bonds. The Morgan fingerprint density at radius 3 is 2.95 bits per heavy atom. The number of nitrogens with zero attached hydrogens (tertiary/aromatic N) is 4. The molecule has 0 aliphatic rings. The first-order chi connectivity index (χ1) is 10.2. The summed E-state index contributed by atoms with van der Waals surface area (Å²) in [6.45, 7) is 3.62. The SMILES string of the molecule is Cc1ncc(CN(C)Cc2cn3ccccc3c2C#N)s1. The Labute approximate surface area is 127 Å². The highest BCUT2D eigenvalue weighted by Gasteiger charge is 2.12. The molecule has 3 aromatic rings. The van der Waals surface area contributed by atoms with Crippen LogP contribution in [0.4, 0.5) is 0 Å². The average Bonchev–Trinajstić information content (AvgIpc) is 3.01. The van der Waals surface area contributed by atoms with E-state index in [1.807, 2.05) is 48.1 Å². The van der Waals surface area contributed by atoms with Crippen molar-refractivity contribution in [2.45, 2.75) is 20.0 Å². The van der Waals surface area contributed by atoms with Crippen LogP contribution in [0.5, 0.6) is 0 Å². The average molecular weight is 296 g/mol. The molecule has 3 aromatic heterocycles. The van der Waals surface area contributed by atoms with E-state index >= 15 is 0 Å². The predicted molar refractivity (Wildman–Crippen MR) is 84.1 cm³/mol. The topological polar surface area (TPSA) is 44.3 Å². The zero-order chi connectivity index (χ0) is 14.8. The quantitative estimate of drug-likeness (QED) is 0.742. The van der Waals surface area contributed by atoms with Gasteiger partial charge in [0, 0.05) is 42.1 Å². The van der Waals surface area contributed by atoms with E-state index in [-0.39, 0.29) is 0 Å². The fourth-order valence-corrected chi connectivity index (χ4v) is 3.39. The maximum absolute atomic E-state index is 9.42. The molecule has 0 saturated carbocycles. The van der Waals surface area contributed by atoms with E-state index in [4.69, 9.17) is 0 Å². The lowest BCUT2D eigenvalue weighted by molar-refractivity contribution is 0.321. The van der Waals surface area contributed by atoms with E-state index < -0.39 is 0 Å². The molecule has 0 radical (unpaired) electrons. The van der Waals surface area contributed by atoms with Crippen LogP contribution in [0.25, 0.3) is 5.52 Å². The van der Waals surface area contributed by atoms with Crippen LogP contribution in [0.3, 0.4) is 0 Å². The summed E-state index contributed by atoms with van der Waals surface area (Å²) in [7, 11) is 2.07. The lowest BCUT2D eigenvalue weighted by Crippen LogP contribution is -2.16. The van der Waals surface area contributed by atoms with E-state index in [1.54, 1.807) is 11.3 Å². The van der Waals surface area contributed by atoms with Crippen LogP contribution in [-0.4, -0.2) is 21.3 Å². The summed E-state index contributed by atoms with van der Waals surface area (Å²) in [5.74, 6) is 0. The summed E-state index contributed by atoms with van der Waals surface area (Å²) in [6, 6.07) is 8.25. The van der Waals surface area contributed by atoms with E-state index in [2.05, 4.69) is 23.0 Å². The Kier molecular flexibility index (Phi) is 3.74. The molecule has 3 heterocycles. The first kappa shape index (κ1) is 13.8. The predicted octanol–water partition coefficient (Wildman–Crippen LogP) is 3.21. The molecule has 0 aromatic carbocycles. The summed E-state index contributed by atoms with van der Waals surface area (Å²) in [6.07, 6.45) is 5.95. The molecule has 0 unspecified atom stereocenters. The number of aryl methyl sites for hydroxylation is 1. The smallest absolute Gasteiger partial charge is 0.102 e. The molecule has 0 aliphatic carbocycles. The van der Waals surface area contributed by atoms with Crippen LogP contribution in [0.15, 0.2) is 36.8 Å². The Balaban J connectivity index is 1.82. The second kappa shape index (κ2) is 5.68. The van der Waals surface area contributed by atoms with E-state index in [1.165, 1.54) is 4.88 Å². The normalized spacial score (nSPS) is 11.1. The Morgan fingerprint density at radius 2 is 2.24 bits per heavy atom. The van der Waals surface area contributed by atoms with Gasteiger partial charge in [0.05, 0.1) is 16.1 Å². The molecule has 0 N–H and O–H groups in total. The van der Waals surface area contributed by atoms with Crippen LogP contribution >= 0.6 is 11.3 Å². The minimum Gasteiger partial charge on any atom is -0.322 e. The Hall–Kier alpha value is -2.16. The van der Waals surface area contributed by atoms with Gasteiger partial charge < -0.3 is 4.40 Å². The molecule has 0 fully saturated rings. The third-order valence-corrected chi connectivity index (χ3v) is 4.31. The number of pyridine rings is 1. The van der Waals surface area contributed by atoms with Crippen molar-refractivity contribution in [3.8, 4) is 6.07 Å².